The zero-order valence-corrected chi connectivity index (χ0v) is 14.8. The van der Waals surface area contributed by atoms with Crippen molar-refractivity contribution in [2.75, 3.05) is 19.5 Å². The van der Waals surface area contributed by atoms with Crippen LogP contribution < -0.4 is 5.73 Å². The molecule has 25 heavy (non-hydrogen) atoms. The number of anilines is 1. The molecule has 0 spiro atoms. The second-order valence-corrected chi connectivity index (χ2v) is 6.56. The number of nitrogens with zero attached hydrogens (tertiary/aromatic N) is 3. The number of carboxylic acids is 1. The van der Waals surface area contributed by atoms with Crippen LogP contribution in [-0.4, -0.2) is 34.6 Å². The van der Waals surface area contributed by atoms with Crippen molar-refractivity contribution >= 4 is 11.8 Å². The highest BCUT2D eigenvalue weighted by atomic mass is 16.5. The van der Waals surface area contributed by atoms with Gasteiger partial charge in [0.25, 0.3) is 0 Å². The fraction of sp³-hybridized carbons (Fsp3) is 0.389. The smallest absolute Gasteiger partial charge is 0.310 e. The fourth-order valence-corrected chi connectivity index (χ4v) is 2.69. The molecule has 132 valence electrons. The maximum atomic E-state index is 11.1. The van der Waals surface area contributed by atoms with E-state index < -0.39 is 17.4 Å². The first-order valence-corrected chi connectivity index (χ1v) is 7.84. The van der Waals surface area contributed by atoms with Crippen LogP contribution in [0.5, 0.6) is 0 Å². The zero-order chi connectivity index (χ0) is 18.8. The Morgan fingerprint density at radius 1 is 1.44 bits per heavy atom. The SMILES string of the molecule is COCC(C)(C)n1nc(-c2ccc(C(C)C(=O)O)cc2)c(C#N)c1N. The van der Waals surface area contributed by atoms with Gasteiger partial charge in [0.1, 0.15) is 23.1 Å². The Hall–Kier alpha value is -2.85. The molecule has 0 saturated carbocycles. The largest absolute Gasteiger partial charge is 0.481 e. The van der Waals surface area contributed by atoms with E-state index in [0.29, 0.717) is 29.0 Å². The molecule has 0 aliphatic heterocycles. The van der Waals surface area contributed by atoms with Gasteiger partial charge in [-0.1, -0.05) is 24.3 Å². The normalized spacial score (nSPS) is 12.6. The summed E-state index contributed by atoms with van der Waals surface area (Å²) in [5.74, 6) is -1.21. The number of methoxy groups -OCH3 is 1. The summed E-state index contributed by atoms with van der Waals surface area (Å²) in [6, 6.07) is 9.07. The maximum absolute atomic E-state index is 11.1. The number of benzene rings is 1. The van der Waals surface area contributed by atoms with Crippen LogP contribution in [-0.2, 0) is 15.1 Å². The van der Waals surface area contributed by atoms with Crippen molar-refractivity contribution in [1.82, 2.24) is 9.78 Å². The maximum Gasteiger partial charge on any atom is 0.310 e. The topological polar surface area (TPSA) is 114 Å². The first-order valence-electron chi connectivity index (χ1n) is 7.84. The van der Waals surface area contributed by atoms with Crippen molar-refractivity contribution in [1.29, 1.82) is 5.26 Å². The van der Waals surface area contributed by atoms with E-state index in [1.165, 1.54) is 0 Å². The van der Waals surface area contributed by atoms with E-state index in [-0.39, 0.29) is 5.82 Å². The second-order valence-electron chi connectivity index (χ2n) is 6.56. The van der Waals surface area contributed by atoms with E-state index in [1.807, 2.05) is 13.8 Å². The van der Waals surface area contributed by atoms with Crippen molar-refractivity contribution in [3.05, 3.63) is 35.4 Å². The molecule has 0 radical (unpaired) electrons. The highest BCUT2D eigenvalue weighted by Gasteiger charge is 2.28. The Kier molecular flexibility index (Phi) is 5.14. The summed E-state index contributed by atoms with van der Waals surface area (Å²) in [5.41, 5.74) is 7.77. The van der Waals surface area contributed by atoms with E-state index in [0.717, 1.165) is 0 Å². The Morgan fingerprint density at radius 3 is 2.52 bits per heavy atom. The van der Waals surface area contributed by atoms with Gasteiger partial charge in [-0.15, -0.1) is 0 Å². The summed E-state index contributed by atoms with van der Waals surface area (Å²) in [6.07, 6.45) is 0. The van der Waals surface area contributed by atoms with Gasteiger partial charge in [-0.25, -0.2) is 4.68 Å². The highest BCUT2D eigenvalue weighted by Crippen LogP contribution is 2.31. The van der Waals surface area contributed by atoms with Crippen molar-refractivity contribution < 1.29 is 14.6 Å². The zero-order valence-electron chi connectivity index (χ0n) is 14.8. The van der Waals surface area contributed by atoms with E-state index in [2.05, 4.69) is 11.2 Å². The Morgan fingerprint density at radius 2 is 2.04 bits per heavy atom. The minimum Gasteiger partial charge on any atom is -0.481 e. The van der Waals surface area contributed by atoms with Gasteiger partial charge in [0.2, 0.25) is 0 Å². The van der Waals surface area contributed by atoms with Crippen molar-refractivity contribution in [3.63, 3.8) is 0 Å². The third-order valence-corrected chi connectivity index (χ3v) is 4.16. The molecule has 2 rings (SSSR count). The summed E-state index contributed by atoms with van der Waals surface area (Å²) in [7, 11) is 1.59. The molecule has 0 aliphatic rings. The van der Waals surface area contributed by atoms with E-state index in [4.69, 9.17) is 15.6 Å². The molecule has 3 N–H and O–H groups in total. The Bertz CT molecular complexity index is 816. The molecule has 2 aromatic rings. The molecule has 1 aromatic heterocycles. The van der Waals surface area contributed by atoms with Crippen LogP contribution in [0.4, 0.5) is 5.82 Å². The summed E-state index contributed by atoms with van der Waals surface area (Å²) in [4.78, 5) is 11.1. The number of nitriles is 1. The molecule has 1 aromatic carbocycles. The van der Waals surface area contributed by atoms with Gasteiger partial charge in [0, 0.05) is 12.7 Å². The number of rotatable bonds is 6. The second kappa shape index (κ2) is 6.95. The van der Waals surface area contributed by atoms with Crippen LogP contribution in [0.2, 0.25) is 0 Å². The quantitative estimate of drug-likeness (QED) is 0.834. The molecular weight excluding hydrogens is 320 g/mol. The molecule has 0 bridgehead atoms. The Balaban J connectivity index is 2.50. The number of aromatic nitrogens is 2. The minimum atomic E-state index is -0.889. The van der Waals surface area contributed by atoms with Crippen LogP contribution >= 0.6 is 0 Å². The average molecular weight is 342 g/mol. The lowest BCUT2D eigenvalue weighted by Gasteiger charge is -2.25. The number of ether oxygens (including phenoxy) is 1. The molecule has 0 amide bonds. The fourth-order valence-electron chi connectivity index (χ4n) is 2.69. The monoisotopic (exact) mass is 342 g/mol. The van der Waals surface area contributed by atoms with Gasteiger partial charge in [-0.05, 0) is 26.3 Å². The first kappa shape index (κ1) is 18.5. The number of nitrogens with two attached hydrogens (primary N) is 1. The molecule has 1 unspecified atom stereocenters. The molecule has 0 fully saturated rings. The molecule has 0 saturated heterocycles. The molecular formula is C18H22N4O3. The van der Waals surface area contributed by atoms with Gasteiger partial charge >= 0.3 is 5.97 Å². The van der Waals surface area contributed by atoms with Crippen molar-refractivity contribution in [3.8, 4) is 17.3 Å². The first-order chi connectivity index (χ1) is 11.7. The summed E-state index contributed by atoms with van der Waals surface area (Å²) in [5, 5.41) is 23.1. The number of carbonyl (C=O) groups is 1. The lowest BCUT2D eigenvalue weighted by molar-refractivity contribution is -0.138. The van der Waals surface area contributed by atoms with Crippen LogP contribution in [0.3, 0.4) is 0 Å². The van der Waals surface area contributed by atoms with E-state index in [1.54, 1.807) is 43.0 Å². The summed E-state index contributed by atoms with van der Waals surface area (Å²) < 4.78 is 6.81. The summed E-state index contributed by atoms with van der Waals surface area (Å²) >= 11 is 0. The van der Waals surface area contributed by atoms with Gasteiger partial charge in [-0.3, -0.25) is 4.79 Å². The van der Waals surface area contributed by atoms with Gasteiger partial charge in [0.05, 0.1) is 18.1 Å². The van der Waals surface area contributed by atoms with Crippen LogP contribution in [0.1, 0.15) is 37.8 Å². The average Bonchev–Trinajstić information content (AvgIpc) is 2.91. The third-order valence-electron chi connectivity index (χ3n) is 4.16. The molecule has 1 heterocycles. The van der Waals surface area contributed by atoms with Gasteiger partial charge < -0.3 is 15.6 Å². The van der Waals surface area contributed by atoms with E-state index in [9.17, 15) is 10.1 Å². The van der Waals surface area contributed by atoms with Gasteiger partial charge in [-0.2, -0.15) is 10.4 Å². The number of nitrogen functional groups attached to an aromatic ring is 1. The number of carboxylic acid groups (broad SMARTS) is 1. The Labute approximate surface area is 146 Å². The lowest BCUT2D eigenvalue weighted by Crippen LogP contribution is -2.33. The minimum absolute atomic E-state index is 0.280. The molecule has 0 aliphatic carbocycles. The van der Waals surface area contributed by atoms with Crippen molar-refractivity contribution in [2.45, 2.75) is 32.2 Å². The highest BCUT2D eigenvalue weighted by molar-refractivity contribution is 5.77. The molecule has 1 atom stereocenters. The summed E-state index contributed by atoms with van der Waals surface area (Å²) in [6.45, 7) is 5.85. The van der Waals surface area contributed by atoms with Gasteiger partial charge in [0.15, 0.2) is 0 Å². The lowest BCUT2D eigenvalue weighted by atomic mass is 9.98. The predicted molar refractivity (Wildman–Crippen MR) is 94.0 cm³/mol. The van der Waals surface area contributed by atoms with Crippen molar-refractivity contribution in [2.24, 2.45) is 0 Å². The number of aliphatic carboxylic acids is 1. The van der Waals surface area contributed by atoms with Crippen LogP contribution in [0.15, 0.2) is 24.3 Å². The number of hydrogen-bond donors (Lipinski definition) is 2. The van der Waals surface area contributed by atoms with Crippen LogP contribution in [0.25, 0.3) is 11.3 Å². The van der Waals surface area contributed by atoms with Crippen LogP contribution in [0, 0.1) is 11.3 Å². The third kappa shape index (κ3) is 3.49. The predicted octanol–water partition coefficient (Wildman–Crippen LogP) is 2.57. The molecule has 7 heteroatoms. The molecule has 7 nitrogen and oxygen atoms in total. The van der Waals surface area contributed by atoms with E-state index >= 15 is 0 Å². The number of hydrogen-bond acceptors (Lipinski definition) is 5. The standard InChI is InChI=1S/C18H22N4O3/c1-11(17(23)24)12-5-7-13(8-6-12)15-14(9-19)16(20)22(21-15)18(2,3)10-25-4/h5-8,11H,10,20H2,1-4H3,(H,23,24).